The van der Waals surface area contributed by atoms with Gasteiger partial charge < -0.3 is 28.5 Å². The predicted molar refractivity (Wildman–Crippen MR) is 355 cm³/mol. The smallest absolute Gasteiger partial charge is 0.361 e. The minimum Gasteiger partial charge on any atom is -0.477 e. The van der Waals surface area contributed by atoms with Crippen molar-refractivity contribution in [1.82, 2.24) is 0 Å². The predicted octanol–water partition coefficient (Wildman–Crippen LogP) is 21.7. The van der Waals surface area contributed by atoms with Gasteiger partial charge in [0, 0.05) is 12.8 Å². The first kappa shape index (κ1) is 79.7. The van der Waals surface area contributed by atoms with Gasteiger partial charge in [-0.1, -0.05) is 331 Å². The molecule has 0 aliphatic carbocycles. The molecule has 83 heavy (non-hydrogen) atoms. The van der Waals surface area contributed by atoms with Crippen molar-refractivity contribution in [3.05, 3.63) is 72.9 Å². The van der Waals surface area contributed by atoms with Crippen LogP contribution in [0, 0.1) is 0 Å². The van der Waals surface area contributed by atoms with E-state index in [1.807, 2.05) is 33.3 Å². The van der Waals surface area contributed by atoms with Gasteiger partial charge in [-0.3, -0.25) is 9.59 Å². The molecule has 0 spiro atoms. The quantitative estimate of drug-likeness (QED) is 0.0211. The van der Waals surface area contributed by atoms with Crippen LogP contribution in [0.4, 0.5) is 0 Å². The van der Waals surface area contributed by atoms with E-state index < -0.39 is 24.3 Å². The Hall–Kier alpha value is -3.27. The maximum absolute atomic E-state index is 12.8. The van der Waals surface area contributed by atoms with E-state index in [1.165, 1.54) is 231 Å². The normalized spacial score (nSPS) is 13.1. The van der Waals surface area contributed by atoms with E-state index in [2.05, 4.69) is 74.6 Å². The Morgan fingerprint density at radius 1 is 0.373 bits per heavy atom. The zero-order valence-electron chi connectivity index (χ0n) is 55.1. The Kier molecular flexibility index (Phi) is 62.2. The number of unbranched alkanes of at least 4 members (excludes halogenated alkanes) is 38. The molecule has 0 fully saturated rings. The molecule has 0 aliphatic heterocycles. The number of quaternary nitrogens is 1. The van der Waals surface area contributed by atoms with Crippen molar-refractivity contribution in [3.63, 3.8) is 0 Å². The first-order valence-electron chi connectivity index (χ1n) is 35.1. The SMILES string of the molecule is CC/C=C\C/C=C\C/C=C\C/C=C\C/C=C\C/C=C\CCC(=O)OC(COC(=O)CCCCCCCCCCCCCCCCCCCCCCCCCCCCCCCCCCCCCCCCC)COC(OCC[N+](C)(C)C)C(=O)O. The van der Waals surface area contributed by atoms with Gasteiger partial charge in [0.15, 0.2) is 6.10 Å². The van der Waals surface area contributed by atoms with Gasteiger partial charge in [0.1, 0.15) is 13.2 Å². The number of hydrogen-bond acceptors (Lipinski definition) is 7. The molecule has 0 amide bonds. The van der Waals surface area contributed by atoms with Gasteiger partial charge in [-0.15, -0.1) is 0 Å². The van der Waals surface area contributed by atoms with Gasteiger partial charge in [-0.05, 0) is 51.4 Å². The van der Waals surface area contributed by atoms with Gasteiger partial charge in [0.05, 0.1) is 34.4 Å². The zero-order valence-corrected chi connectivity index (χ0v) is 55.1. The van der Waals surface area contributed by atoms with Crippen LogP contribution in [-0.4, -0.2) is 87.4 Å². The van der Waals surface area contributed by atoms with Crippen molar-refractivity contribution < 1.29 is 42.9 Å². The van der Waals surface area contributed by atoms with E-state index in [0.717, 1.165) is 57.8 Å². The molecule has 1 N–H and O–H groups in total. The van der Waals surface area contributed by atoms with Gasteiger partial charge in [-0.25, -0.2) is 4.79 Å². The lowest BCUT2D eigenvalue weighted by molar-refractivity contribution is -0.870. The summed E-state index contributed by atoms with van der Waals surface area (Å²) in [5, 5.41) is 9.72. The molecule has 482 valence electrons. The minimum absolute atomic E-state index is 0.134. The van der Waals surface area contributed by atoms with Crippen molar-refractivity contribution in [2.45, 2.75) is 334 Å². The second-order valence-corrected chi connectivity index (χ2v) is 24.8. The molecule has 2 atom stereocenters. The van der Waals surface area contributed by atoms with Crippen molar-refractivity contribution in [1.29, 1.82) is 0 Å². The summed E-state index contributed by atoms with van der Waals surface area (Å²) >= 11 is 0. The number of allylic oxidation sites excluding steroid dienone is 12. The maximum atomic E-state index is 12.8. The van der Waals surface area contributed by atoms with E-state index in [-0.39, 0.29) is 38.6 Å². The number of ether oxygens (including phenoxy) is 4. The van der Waals surface area contributed by atoms with Crippen LogP contribution in [0.15, 0.2) is 72.9 Å². The number of aliphatic carboxylic acids is 1. The van der Waals surface area contributed by atoms with Crippen molar-refractivity contribution in [3.8, 4) is 0 Å². The molecule has 0 radical (unpaired) electrons. The number of esters is 2. The Bertz CT molecular complexity index is 1590. The average Bonchev–Trinajstić information content (AvgIpc) is 3.46. The molecule has 2 unspecified atom stereocenters. The summed E-state index contributed by atoms with van der Waals surface area (Å²) < 4.78 is 22.8. The summed E-state index contributed by atoms with van der Waals surface area (Å²) in [5.41, 5.74) is 0. The molecule has 0 heterocycles. The van der Waals surface area contributed by atoms with Gasteiger partial charge in [0.2, 0.25) is 0 Å². The van der Waals surface area contributed by atoms with Gasteiger partial charge in [0.25, 0.3) is 6.29 Å². The standard InChI is InChI=1S/C74H133NO8/c1-6-8-10-12-14-16-18-20-22-24-26-27-28-29-30-31-32-33-34-35-36-37-38-39-40-41-42-43-44-45-47-48-50-52-54-56-58-60-62-64-71(76)81-68-70(69-82-74(73(78)79)80-67-66-75(3,4)5)83-72(77)65-63-61-59-57-55-53-51-49-46-25-23-21-19-17-15-13-11-9-7-2/h9,11,15,17,21,23,46,49,53,55,59,61,70,74H,6-8,10,12-14,16,18-20,22,24-45,47-48,50-52,54,56-58,60,62-69H2,1-5H3/p+1/b11-9-,17-15-,23-21-,49-46-,55-53-,61-59-. The van der Waals surface area contributed by atoms with E-state index in [4.69, 9.17) is 18.9 Å². The van der Waals surface area contributed by atoms with Gasteiger partial charge >= 0.3 is 17.9 Å². The van der Waals surface area contributed by atoms with Crippen LogP contribution in [0.1, 0.15) is 322 Å². The number of likely N-dealkylation sites (N-methyl/N-ethyl adjacent to an activating group) is 1. The molecule has 0 saturated heterocycles. The summed E-state index contributed by atoms with van der Waals surface area (Å²) in [6.07, 6.45) is 83.6. The molecule has 9 heteroatoms. The van der Waals surface area contributed by atoms with E-state index in [9.17, 15) is 19.5 Å². The second kappa shape index (κ2) is 64.7. The summed E-state index contributed by atoms with van der Waals surface area (Å²) in [6, 6.07) is 0. The minimum atomic E-state index is -1.53. The van der Waals surface area contributed by atoms with Crippen LogP contribution in [0.3, 0.4) is 0 Å². The second-order valence-electron chi connectivity index (χ2n) is 24.8. The fraction of sp³-hybridized carbons (Fsp3) is 0.797. The van der Waals surface area contributed by atoms with Crippen LogP contribution >= 0.6 is 0 Å². The average molecular weight is 1170 g/mol. The van der Waals surface area contributed by atoms with Crippen LogP contribution in [0.2, 0.25) is 0 Å². The lowest BCUT2D eigenvalue weighted by Crippen LogP contribution is -2.40. The highest BCUT2D eigenvalue weighted by atomic mass is 16.7. The summed E-state index contributed by atoms with van der Waals surface area (Å²) in [7, 11) is 5.95. The molecule has 0 bridgehead atoms. The zero-order chi connectivity index (χ0) is 60.5. The molecule has 0 aromatic carbocycles. The lowest BCUT2D eigenvalue weighted by Gasteiger charge is -2.25. The van der Waals surface area contributed by atoms with Crippen molar-refractivity contribution >= 4 is 17.9 Å². The molecule has 0 aromatic heterocycles. The lowest BCUT2D eigenvalue weighted by atomic mass is 10.0. The fourth-order valence-electron chi connectivity index (χ4n) is 10.2. The van der Waals surface area contributed by atoms with Crippen molar-refractivity contribution in [2.24, 2.45) is 0 Å². The third-order valence-electron chi connectivity index (χ3n) is 15.5. The largest absolute Gasteiger partial charge is 0.477 e. The Labute approximate surface area is 513 Å². The number of carboxylic acid groups (broad SMARTS) is 1. The summed E-state index contributed by atoms with van der Waals surface area (Å²) in [4.78, 5) is 37.5. The topological polar surface area (TPSA) is 108 Å². The molecule has 0 saturated carbocycles. The molecule has 0 rings (SSSR count). The Balaban J connectivity index is 4.00. The number of hydrogen-bond donors (Lipinski definition) is 1. The Morgan fingerprint density at radius 3 is 1.00 bits per heavy atom. The monoisotopic (exact) mass is 1170 g/mol. The van der Waals surface area contributed by atoms with Gasteiger partial charge in [-0.2, -0.15) is 0 Å². The summed E-state index contributed by atoms with van der Waals surface area (Å²) in [6.45, 7) is 4.71. The van der Waals surface area contributed by atoms with Crippen molar-refractivity contribution in [2.75, 3.05) is 47.5 Å². The highest BCUT2D eigenvalue weighted by Crippen LogP contribution is 2.19. The third-order valence-corrected chi connectivity index (χ3v) is 15.5. The number of carbonyl (C=O) groups excluding carboxylic acids is 2. The van der Waals surface area contributed by atoms with E-state index >= 15 is 0 Å². The Morgan fingerprint density at radius 2 is 0.687 bits per heavy atom. The first-order chi connectivity index (χ1) is 40.6. The molecular weight excluding hydrogens is 1030 g/mol. The van der Waals surface area contributed by atoms with Crippen LogP contribution < -0.4 is 0 Å². The van der Waals surface area contributed by atoms with Crippen LogP contribution in [0.25, 0.3) is 0 Å². The third kappa shape index (κ3) is 66.1. The first-order valence-corrected chi connectivity index (χ1v) is 35.1. The maximum Gasteiger partial charge on any atom is 0.361 e. The number of rotatable bonds is 65. The molecule has 0 aliphatic rings. The number of carboxylic acids is 1. The molecular formula is C74H134NO8+. The van der Waals surface area contributed by atoms with E-state index in [1.54, 1.807) is 0 Å². The highest BCUT2D eigenvalue weighted by Gasteiger charge is 2.25. The number of nitrogens with zero attached hydrogens (tertiary/aromatic N) is 1. The molecule has 0 aromatic rings. The fourth-order valence-corrected chi connectivity index (χ4v) is 10.2. The highest BCUT2D eigenvalue weighted by molar-refractivity contribution is 5.71. The van der Waals surface area contributed by atoms with Crippen LogP contribution in [0.5, 0.6) is 0 Å². The van der Waals surface area contributed by atoms with E-state index in [0.29, 0.717) is 17.4 Å². The number of carbonyl (C=O) groups is 3. The summed E-state index contributed by atoms with van der Waals surface area (Å²) in [5.74, 6) is -2.11. The van der Waals surface area contributed by atoms with Crippen LogP contribution in [-0.2, 0) is 33.3 Å². The molecule has 9 nitrogen and oxygen atoms in total.